The molecule has 3 aromatic rings. The van der Waals surface area contributed by atoms with E-state index in [-0.39, 0.29) is 12.2 Å². The van der Waals surface area contributed by atoms with Gasteiger partial charge in [0.05, 0.1) is 6.42 Å². The summed E-state index contributed by atoms with van der Waals surface area (Å²) in [5.41, 5.74) is 1.99. The summed E-state index contributed by atoms with van der Waals surface area (Å²) in [7, 11) is 0. The lowest BCUT2D eigenvalue weighted by atomic mass is 10.0. The Kier molecular flexibility index (Phi) is 6.04. The van der Waals surface area contributed by atoms with Gasteiger partial charge in [0.2, 0.25) is 11.7 Å². The van der Waals surface area contributed by atoms with Crippen LogP contribution in [0.5, 0.6) is 0 Å². The molecule has 25 heavy (non-hydrogen) atoms. The Bertz CT molecular complexity index is 785. The monoisotopic (exact) mass is 335 g/mol. The smallest absolute Gasteiger partial charge is 0.234 e. The van der Waals surface area contributed by atoms with Crippen molar-refractivity contribution < 1.29 is 9.32 Å². The second-order valence-corrected chi connectivity index (χ2v) is 5.99. The van der Waals surface area contributed by atoms with Gasteiger partial charge < -0.3 is 4.52 Å². The van der Waals surface area contributed by atoms with E-state index in [1.165, 1.54) is 5.56 Å². The van der Waals surface area contributed by atoms with E-state index in [1.807, 2.05) is 24.3 Å². The first-order chi connectivity index (χ1) is 12.3. The van der Waals surface area contributed by atoms with Crippen LogP contribution in [0.3, 0.4) is 0 Å². The fourth-order valence-corrected chi connectivity index (χ4v) is 2.66. The molecule has 1 aromatic carbocycles. The highest BCUT2D eigenvalue weighted by atomic mass is 16.5. The molecule has 2 aromatic heterocycles. The molecule has 0 aliphatic carbocycles. The van der Waals surface area contributed by atoms with Gasteiger partial charge in [-0.1, -0.05) is 48.0 Å². The fraction of sp³-hybridized carbons (Fsp3) is 0.300. The highest BCUT2D eigenvalue weighted by Gasteiger charge is 2.12. The van der Waals surface area contributed by atoms with Crippen LogP contribution in [0, 0.1) is 0 Å². The van der Waals surface area contributed by atoms with Crippen LogP contribution in [-0.4, -0.2) is 20.9 Å². The predicted molar refractivity (Wildman–Crippen MR) is 94.9 cm³/mol. The Morgan fingerprint density at radius 1 is 0.960 bits per heavy atom. The predicted octanol–water partition coefficient (Wildman–Crippen LogP) is 4.05. The van der Waals surface area contributed by atoms with Gasteiger partial charge in [-0.3, -0.25) is 9.78 Å². The van der Waals surface area contributed by atoms with Gasteiger partial charge in [-0.05, 0) is 37.0 Å². The average molecular weight is 335 g/mol. The number of hydrogen-bond acceptors (Lipinski definition) is 5. The highest BCUT2D eigenvalue weighted by molar-refractivity contribution is 5.79. The van der Waals surface area contributed by atoms with E-state index < -0.39 is 0 Å². The van der Waals surface area contributed by atoms with Gasteiger partial charge in [0, 0.05) is 12.6 Å². The fourth-order valence-electron chi connectivity index (χ4n) is 2.66. The van der Waals surface area contributed by atoms with Crippen LogP contribution in [0.4, 0.5) is 0 Å². The first-order valence-corrected chi connectivity index (χ1v) is 8.61. The van der Waals surface area contributed by atoms with Crippen molar-refractivity contribution in [3.8, 4) is 11.5 Å². The zero-order chi connectivity index (χ0) is 17.3. The number of Topliss-reactive ketones (excluding diaryl/α,β-unsaturated/α-hetero) is 1. The van der Waals surface area contributed by atoms with Gasteiger partial charge in [0.1, 0.15) is 11.5 Å². The summed E-state index contributed by atoms with van der Waals surface area (Å²) in [6.07, 6.45) is 6.52. The summed E-state index contributed by atoms with van der Waals surface area (Å²) in [6, 6.07) is 15.9. The van der Waals surface area contributed by atoms with E-state index in [1.54, 1.807) is 6.20 Å². The maximum Gasteiger partial charge on any atom is 0.234 e. The van der Waals surface area contributed by atoms with Crippen LogP contribution in [0.2, 0.25) is 0 Å². The minimum absolute atomic E-state index is 0.135. The first-order valence-electron chi connectivity index (χ1n) is 8.61. The number of aromatic nitrogens is 3. The van der Waals surface area contributed by atoms with Crippen molar-refractivity contribution in [3.05, 3.63) is 66.2 Å². The molecule has 0 fully saturated rings. The molecule has 0 aliphatic rings. The molecule has 0 bridgehead atoms. The van der Waals surface area contributed by atoms with Crippen LogP contribution in [0.1, 0.15) is 37.1 Å². The quantitative estimate of drug-likeness (QED) is 0.552. The minimum atomic E-state index is 0.135. The molecule has 0 spiro atoms. The van der Waals surface area contributed by atoms with E-state index in [4.69, 9.17) is 4.52 Å². The number of rotatable bonds is 9. The molecule has 0 aliphatic heterocycles. The summed E-state index contributed by atoms with van der Waals surface area (Å²) in [6.45, 7) is 0. The second-order valence-electron chi connectivity index (χ2n) is 5.99. The third kappa shape index (κ3) is 5.35. The Hall–Kier alpha value is -2.82. The minimum Gasteiger partial charge on any atom is -0.338 e. The molecule has 0 radical (unpaired) electrons. The summed E-state index contributed by atoms with van der Waals surface area (Å²) >= 11 is 0. The molecule has 2 heterocycles. The highest BCUT2D eigenvalue weighted by Crippen LogP contribution is 2.13. The normalized spacial score (nSPS) is 10.7. The van der Waals surface area contributed by atoms with Crippen molar-refractivity contribution in [2.75, 3.05) is 0 Å². The number of hydrogen-bond donors (Lipinski definition) is 0. The Labute approximate surface area is 147 Å². The molecule has 3 rings (SSSR count). The molecule has 0 saturated carbocycles. The number of carbonyl (C=O) groups is 1. The van der Waals surface area contributed by atoms with Gasteiger partial charge in [0.15, 0.2) is 0 Å². The number of nitrogens with zero attached hydrogens (tertiary/aromatic N) is 3. The number of unbranched alkanes of at least 4 members (excludes halogenated alkanes) is 2. The Morgan fingerprint density at radius 2 is 1.80 bits per heavy atom. The van der Waals surface area contributed by atoms with Crippen LogP contribution < -0.4 is 0 Å². The number of aryl methyl sites for hydroxylation is 1. The Balaban J connectivity index is 1.37. The van der Waals surface area contributed by atoms with E-state index >= 15 is 0 Å². The lowest BCUT2D eigenvalue weighted by Gasteiger charge is -2.01. The summed E-state index contributed by atoms with van der Waals surface area (Å²) in [5, 5.41) is 3.88. The summed E-state index contributed by atoms with van der Waals surface area (Å²) in [4.78, 5) is 20.5. The first kappa shape index (κ1) is 17.0. The zero-order valence-electron chi connectivity index (χ0n) is 14.1. The molecule has 0 saturated heterocycles. The number of pyridine rings is 1. The van der Waals surface area contributed by atoms with Crippen molar-refractivity contribution in [3.63, 3.8) is 0 Å². The lowest BCUT2D eigenvalue weighted by Crippen LogP contribution is -2.03. The third-order valence-corrected chi connectivity index (χ3v) is 3.97. The Morgan fingerprint density at radius 3 is 2.60 bits per heavy atom. The van der Waals surface area contributed by atoms with Gasteiger partial charge in [0.25, 0.3) is 0 Å². The molecular formula is C20H21N3O2. The van der Waals surface area contributed by atoms with E-state index in [2.05, 4.69) is 39.4 Å². The van der Waals surface area contributed by atoms with Crippen molar-refractivity contribution in [1.82, 2.24) is 15.1 Å². The van der Waals surface area contributed by atoms with Gasteiger partial charge >= 0.3 is 0 Å². The van der Waals surface area contributed by atoms with Crippen LogP contribution in [0.25, 0.3) is 11.5 Å². The SMILES string of the molecule is O=C(CCCCCc1ccccc1)Cc1nc(-c2ccccn2)no1. The van der Waals surface area contributed by atoms with Crippen LogP contribution in [0.15, 0.2) is 59.3 Å². The van der Waals surface area contributed by atoms with Gasteiger partial charge in [-0.15, -0.1) is 0 Å². The van der Waals surface area contributed by atoms with Crippen LogP contribution in [-0.2, 0) is 17.6 Å². The van der Waals surface area contributed by atoms with E-state index in [0.717, 1.165) is 25.7 Å². The van der Waals surface area contributed by atoms with E-state index in [9.17, 15) is 4.79 Å². The summed E-state index contributed by atoms with van der Waals surface area (Å²) in [5.74, 6) is 0.914. The molecule has 0 atom stereocenters. The van der Waals surface area contributed by atoms with Crippen molar-refractivity contribution in [2.24, 2.45) is 0 Å². The van der Waals surface area contributed by atoms with Crippen molar-refractivity contribution in [2.45, 2.75) is 38.5 Å². The topological polar surface area (TPSA) is 68.9 Å². The van der Waals surface area contributed by atoms with Crippen molar-refractivity contribution in [1.29, 1.82) is 0 Å². The standard InChI is InChI=1S/C20H21N3O2/c24-17(12-6-2-5-11-16-9-3-1-4-10-16)15-19-22-20(23-25-19)18-13-7-8-14-21-18/h1,3-4,7-10,13-14H,2,5-6,11-12,15H2. The largest absolute Gasteiger partial charge is 0.338 e. The number of ketones is 1. The van der Waals surface area contributed by atoms with Crippen LogP contribution >= 0.6 is 0 Å². The molecule has 0 amide bonds. The zero-order valence-corrected chi connectivity index (χ0v) is 14.1. The molecular weight excluding hydrogens is 314 g/mol. The van der Waals surface area contributed by atoms with Gasteiger partial charge in [-0.2, -0.15) is 4.98 Å². The number of benzene rings is 1. The molecule has 5 nitrogen and oxygen atoms in total. The summed E-state index contributed by atoms with van der Waals surface area (Å²) < 4.78 is 5.15. The third-order valence-electron chi connectivity index (χ3n) is 3.97. The van der Waals surface area contributed by atoms with Gasteiger partial charge in [-0.25, -0.2) is 0 Å². The second kappa shape index (κ2) is 8.87. The van der Waals surface area contributed by atoms with Crippen molar-refractivity contribution >= 4 is 5.78 Å². The average Bonchev–Trinajstić information content (AvgIpc) is 3.11. The molecule has 5 heteroatoms. The number of carbonyl (C=O) groups excluding carboxylic acids is 1. The molecule has 128 valence electrons. The van der Waals surface area contributed by atoms with E-state index in [0.29, 0.717) is 23.8 Å². The maximum absolute atomic E-state index is 12.0. The maximum atomic E-state index is 12.0. The lowest BCUT2D eigenvalue weighted by molar-refractivity contribution is -0.118. The molecule has 0 N–H and O–H groups in total. The molecule has 0 unspecified atom stereocenters.